The van der Waals surface area contributed by atoms with Gasteiger partial charge in [-0.1, -0.05) is 0 Å². The maximum Gasteiger partial charge on any atom is 0.0911 e. The number of hydrogen-bond donors (Lipinski definition) is 3. The topological polar surface area (TPSA) is 73.3 Å². The summed E-state index contributed by atoms with van der Waals surface area (Å²) in [5.41, 5.74) is 5.34. The average Bonchev–Trinajstić information content (AvgIpc) is 2.94. The Labute approximate surface area is 104 Å². The first-order valence-corrected chi connectivity index (χ1v) is 6.69. The van der Waals surface area contributed by atoms with Crippen molar-refractivity contribution in [2.24, 2.45) is 11.1 Å². The Hall–Kier alpha value is -0.610. The Bertz CT molecular complexity index is 297. The number of hydrogen-bond acceptors (Lipinski definition) is 3. The molecule has 0 amide bonds. The summed E-state index contributed by atoms with van der Waals surface area (Å²) < 4.78 is 0. The van der Waals surface area contributed by atoms with Gasteiger partial charge in [-0.2, -0.15) is 0 Å². The van der Waals surface area contributed by atoms with Crippen LogP contribution in [0.4, 0.5) is 0 Å². The van der Waals surface area contributed by atoms with Crippen LogP contribution in [-0.2, 0) is 0 Å². The molecule has 1 atom stereocenters. The van der Waals surface area contributed by atoms with Crippen molar-refractivity contribution < 1.29 is 5.11 Å². The SMILES string of the molecule is CC1(O)CCCN(CC2(CC(=N)N)CC2)CC1. The van der Waals surface area contributed by atoms with Crippen LogP contribution in [0, 0.1) is 10.8 Å². The van der Waals surface area contributed by atoms with Gasteiger partial charge in [-0.3, -0.25) is 5.41 Å². The summed E-state index contributed by atoms with van der Waals surface area (Å²) >= 11 is 0. The van der Waals surface area contributed by atoms with E-state index in [4.69, 9.17) is 11.1 Å². The van der Waals surface area contributed by atoms with Gasteiger partial charge in [0.2, 0.25) is 0 Å². The summed E-state index contributed by atoms with van der Waals surface area (Å²) in [4.78, 5) is 2.46. The van der Waals surface area contributed by atoms with Gasteiger partial charge in [0, 0.05) is 19.5 Å². The normalized spacial score (nSPS) is 33.1. The largest absolute Gasteiger partial charge is 0.390 e. The molecule has 4 heteroatoms. The second-order valence-corrected chi connectivity index (χ2v) is 6.33. The molecule has 98 valence electrons. The molecule has 1 saturated carbocycles. The van der Waals surface area contributed by atoms with Crippen molar-refractivity contribution in [2.75, 3.05) is 19.6 Å². The van der Waals surface area contributed by atoms with E-state index in [1.807, 2.05) is 6.92 Å². The maximum atomic E-state index is 10.1. The summed E-state index contributed by atoms with van der Waals surface area (Å²) in [6.07, 6.45) is 6.01. The molecular formula is C13H25N3O. The molecule has 1 aliphatic heterocycles. The molecule has 0 aromatic carbocycles. The first-order chi connectivity index (χ1) is 7.91. The molecule has 2 fully saturated rings. The number of aliphatic hydroxyl groups is 1. The highest BCUT2D eigenvalue weighted by molar-refractivity contribution is 5.78. The van der Waals surface area contributed by atoms with Gasteiger partial charge in [0.15, 0.2) is 0 Å². The van der Waals surface area contributed by atoms with Gasteiger partial charge in [-0.15, -0.1) is 0 Å². The van der Waals surface area contributed by atoms with Gasteiger partial charge in [-0.25, -0.2) is 0 Å². The van der Waals surface area contributed by atoms with Crippen LogP contribution in [0.1, 0.15) is 45.4 Å². The van der Waals surface area contributed by atoms with Crippen molar-refractivity contribution in [1.82, 2.24) is 4.90 Å². The quantitative estimate of drug-likeness (QED) is 0.512. The standard InChI is InChI=1S/C13H25N3O/c1-12(17)3-2-7-16(8-6-12)10-13(4-5-13)9-11(14)15/h17H,2-10H2,1H3,(H3,14,15). The lowest BCUT2D eigenvalue weighted by Gasteiger charge is -2.26. The van der Waals surface area contributed by atoms with Gasteiger partial charge >= 0.3 is 0 Å². The molecule has 0 bridgehead atoms. The number of rotatable bonds is 4. The van der Waals surface area contributed by atoms with Crippen LogP contribution in [0.5, 0.6) is 0 Å². The van der Waals surface area contributed by atoms with Crippen LogP contribution in [-0.4, -0.2) is 41.1 Å². The minimum Gasteiger partial charge on any atom is -0.390 e. The van der Waals surface area contributed by atoms with Crippen molar-refractivity contribution >= 4 is 5.84 Å². The molecule has 0 spiro atoms. The summed E-state index contributed by atoms with van der Waals surface area (Å²) in [6.45, 7) is 5.06. The highest BCUT2D eigenvalue weighted by Gasteiger charge is 2.44. The molecule has 1 saturated heterocycles. The van der Waals surface area contributed by atoms with Crippen molar-refractivity contribution in [1.29, 1.82) is 5.41 Å². The van der Waals surface area contributed by atoms with E-state index >= 15 is 0 Å². The summed E-state index contributed by atoms with van der Waals surface area (Å²) in [5.74, 6) is 0.323. The van der Waals surface area contributed by atoms with Gasteiger partial charge in [0.25, 0.3) is 0 Å². The zero-order valence-electron chi connectivity index (χ0n) is 10.8. The lowest BCUT2D eigenvalue weighted by molar-refractivity contribution is 0.0440. The Balaban J connectivity index is 1.85. The van der Waals surface area contributed by atoms with Gasteiger partial charge < -0.3 is 15.7 Å². The smallest absolute Gasteiger partial charge is 0.0911 e. The van der Waals surface area contributed by atoms with E-state index < -0.39 is 5.60 Å². The third-order valence-corrected chi connectivity index (χ3v) is 4.24. The predicted octanol–water partition coefficient (Wildman–Crippen LogP) is 1.33. The Morgan fingerprint density at radius 2 is 2.00 bits per heavy atom. The second-order valence-electron chi connectivity index (χ2n) is 6.33. The van der Waals surface area contributed by atoms with E-state index in [2.05, 4.69) is 4.90 Å². The average molecular weight is 239 g/mol. The van der Waals surface area contributed by atoms with Gasteiger partial charge in [-0.05, 0) is 51.0 Å². The lowest BCUT2D eigenvalue weighted by Crippen LogP contribution is -2.34. The van der Waals surface area contributed by atoms with E-state index in [1.165, 1.54) is 12.8 Å². The summed E-state index contributed by atoms with van der Waals surface area (Å²) in [5, 5.41) is 17.5. The third-order valence-electron chi connectivity index (χ3n) is 4.24. The highest BCUT2D eigenvalue weighted by atomic mass is 16.3. The second kappa shape index (κ2) is 4.58. The first kappa shape index (κ1) is 12.8. The fraction of sp³-hybridized carbons (Fsp3) is 0.923. The molecule has 1 unspecified atom stereocenters. The van der Waals surface area contributed by atoms with Gasteiger partial charge in [0.1, 0.15) is 0 Å². The minimum atomic E-state index is -0.480. The monoisotopic (exact) mass is 239 g/mol. The molecule has 0 aromatic rings. The lowest BCUT2D eigenvalue weighted by atomic mass is 9.98. The first-order valence-electron chi connectivity index (χ1n) is 6.69. The van der Waals surface area contributed by atoms with E-state index in [0.29, 0.717) is 11.3 Å². The molecule has 4 N–H and O–H groups in total. The predicted molar refractivity (Wildman–Crippen MR) is 69.1 cm³/mol. The van der Waals surface area contributed by atoms with Crippen LogP contribution in [0.15, 0.2) is 0 Å². The number of amidine groups is 1. The van der Waals surface area contributed by atoms with Crippen LogP contribution in [0.3, 0.4) is 0 Å². The molecule has 2 rings (SSSR count). The van der Waals surface area contributed by atoms with Crippen molar-refractivity contribution in [3.05, 3.63) is 0 Å². The molecule has 1 heterocycles. The molecule has 4 nitrogen and oxygen atoms in total. The Morgan fingerprint density at radius 3 is 2.59 bits per heavy atom. The summed E-state index contributed by atoms with van der Waals surface area (Å²) in [6, 6.07) is 0. The van der Waals surface area contributed by atoms with E-state index in [9.17, 15) is 5.11 Å². The minimum absolute atomic E-state index is 0.294. The van der Waals surface area contributed by atoms with Gasteiger partial charge in [0.05, 0.1) is 11.4 Å². The number of likely N-dealkylation sites (tertiary alicyclic amines) is 1. The number of nitrogens with zero attached hydrogens (tertiary/aromatic N) is 1. The van der Waals surface area contributed by atoms with Crippen molar-refractivity contribution in [3.63, 3.8) is 0 Å². The van der Waals surface area contributed by atoms with Crippen LogP contribution in [0.2, 0.25) is 0 Å². The highest BCUT2D eigenvalue weighted by Crippen LogP contribution is 2.49. The molecule has 1 aliphatic carbocycles. The maximum absolute atomic E-state index is 10.1. The molecule has 0 radical (unpaired) electrons. The van der Waals surface area contributed by atoms with Crippen LogP contribution >= 0.6 is 0 Å². The Morgan fingerprint density at radius 1 is 1.29 bits per heavy atom. The number of nitrogens with one attached hydrogen (secondary N) is 1. The zero-order valence-corrected chi connectivity index (χ0v) is 10.8. The van der Waals surface area contributed by atoms with Crippen molar-refractivity contribution in [2.45, 2.75) is 51.0 Å². The van der Waals surface area contributed by atoms with Crippen molar-refractivity contribution in [3.8, 4) is 0 Å². The fourth-order valence-electron chi connectivity index (χ4n) is 2.92. The fourth-order valence-corrected chi connectivity index (χ4v) is 2.92. The van der Waals surface area contributed by atoms with E-state index in [0.717, 1.165) is 45.3 Å². The molecular weight excluding hydrogens is 214 g/mol. The van der Waals surface area contributed by atoms with E-state index in [1.54, 1.807) is 0 Å². The molecule has 2 aliphatic rings. The van der Waals surface area contributed by atoms with Crippen LogP contribution in [0.25, 0.3) is 0 Å². The molecule has 0 aromatic heterocycles. The number of nitrogens with two attached hydrogens (primary N) is 1. The molecule has 17 heavy (non-hydrogen) atoms. The third kappa shape index (κ3) is 3.68. The zero-order chi connectivity index (χ0) is 12.5. The Kier molecular flexibility index (Phi) is 3.46. The summed E-state index contributed by atoms with van der Waals surface area (Å²) in [7, 11) is 0. The van der Waals surface area contributed by atoms with Crippen LogP contribution < -0.4 is 5.73 Å². The van der Waals surface area contributed by atoms with E-state index in [-0.39, 0.29) is 0 Å².